The molecule has 53 valence electrons. The minimum atomic E-state index is 0.894. The van der Waals surface area contributed by atoms with Crippen molar-refractivity contribution < 1.29 is 4.52 Å². The van der Waals surface area contributed by atoms with Crippen LogP contribution in [0.4, 0.5) is 0 Å². The molecule has 11 heavy (non-hydrogen) atoms. The van der Waals surface area contributed by atoms with Crippen molar-refractivity contribution in [3.8, 4) is 11.1 Å². The van der Waals surface area contributed by atoms with Crippen molar-refractivity contribution in [1.82, 2.24) is 5.16 Å². The highest BCUT2D eigenvalue weighted by molar-refractivity contribution is 5.59. The zero-order chi connectivity index (χ0) is 7.52. The van der Waals surface area contributed by atoms with Crippen LogP contribution in [-0.4, -0.2) is 5.16 Å². The zero-order valence-electron chi connectivity index (χ0n) is 5.82. The Kier molecular flexibility index (Phi) is 1.44. The molecule has 0 aliphatic heterocycles. The van der Waals surface area contributed by atoms with Gasteiger partial charge in [0.05, 0.1) is 5.56 Å². The van der Waals surface area contributed by atoms with Gasteiger partial charge in [0.2, 0.25) is 0 Å². The normalized spacial score (nSPS) is 9.82. The van der Waals surface area contributed by atoms with Gasteiger partial charge in [0.1, 0.15) is 12.5 Å². The Morgan fingerprint density at radius 3 is 2.64 bits per heavy atom. The minimum Gasteiger partial charge on any atom is -0.363 e. The minimum absolute atomic E-state index is 0.894. The lowest BCUT2D eigenvalue weighted by Crippen LogP contribution is -1.70. The first kappa shape index (κ1) is 6.16. The van der Waals surface area contributed by atoms with Crippen LogP contribution >= 0.6 is 0 Å². The van der Waals surface area contributed by atoms with Gasteiger partial charge in [0.25, 0.3) is 0 Å². The summed E-state index contributed by atoms with van der Waals surface area (Å²) in [7, 11) is 0. The molecule has 2 rings (SSSR count). The average molecular weight is 144 g/mol. The van der Waals surface area contributed by atoms with E-state index < -0.39 is 0 Å². The van der Waals surface area contributed by atoms with Crippen LogP contribution in [0.3, 0.4) is 0 Å². The third kappa shape index (κ3) is 1.15. The molecule has 1 heterocycles. The van der Waals surface area contributed by atoms with E-state index in [0.717, 1.165) is 11.1 Å². The summed E-state index contributed by atoms with van der Waals surface area (Å²) in [5, 5.41) is 3.50. The summed E-state index contributed by atoms with van der Waals surface area (Å²) >= 11 is 0. The first-order valence-electron chi connectivity index (χ1n) is 3.34. The average Bonchev–Trinajstić information content (AvgIpc) is 2.58. The maximum absolute atomic E-state index is 4.66. The summed E-state index contributed by atoms with van der Waals surface area (Å²) in [4.78, 5) is 0. The molecule has 0 atom stereocenters. The van der Waals surface area contributed by atoms with E-state index in [1.807, 2.05) is 30.3 Å². The molecule has 0 aliphatic carbocycles. The third-order valence-electron chi connectivity index (χ3n) is 1.47. The summed E-state index contributed by atoms with van der Waals surface area (Å²) in [5.41, 5.74) is 1.97. The van der Waals surface area contributed by atoms with Gasteiger partial charge in [-0.15, -0.1) is 0 Å². The van der Waals surface area contributed by atoms with Crippen molar-refractivity contribution >= 4 is 0 Å². The molecule has 1 aromatic carbocycles. The number of benzene rings is 1. The second-order valence-corrected chi connectivity index (χ2v) is 2.21. The van der Waals surface area contributed by atoms with Gasteiger partial charge in [-0.3, -0.25) is 0 Å². The quantitative estimate of drug-likeness (QED) is 0.612. The van der Waals surface area contributed by atoms with Crippen LogP contribution in [0.15, 0.2) is 41.1 Å². The maximum atomic E-state index is 4.66. The maximum Gasteiger partial charge on any atom is 0.144 e. The van der Waals surface area contributed by atoms with Crippen LogP contribution in [0.5, 0.6) is 0 Å². The number of rotatable bonds is 1. The van der Waals surface area contributed by atoms with Gasteiger partial charge in [-0.1, -0.05) is 35.5 Å². The highest BCUT2D eigenvalue weighted by atomic mass is 16.5. The smallest absolute Gasteiger partial charge is 0.144 e. The highest BCUT2D eigenvalue weighted by Crippen LogP contribution is 2.16. The Balaban J connectivity index is 2.46. The summed E-state index contributed by atoms with van der Waals surface area (Å²) in [5.74, 6) is 0. The fraction of sp³-hybridized carbons (Fsp3) is 0. The summed E-state index contributed by atoms with van der Waals surface area (Å²) in [6.45, 7) is 0. The van der Waals surface area contributed by atoms with E-state index in [1.54, 1.807) is 6.26 Å². The molecule has 2 aromatic rings. The van der Waals surface area contributed by atoms with Crippen molar-refractivity contribution in [2.75, 3.05) is 0 Å². The Morgan fingerprint density at radius 2 is 2.00 bits per heavy atom. The van der Waals surface area contributed by atoms with Crippen molar-refractivity contribution in [1.29, 1.82) is 0 Å². The molecule has 0 unspecified atom stereocenters. The van der Waals surface area contributed by atoms with Crippen LogP contribution in [0.2, 0.25) is 0 Å². The van der Waals surface area contributed by atoms with Gasteiger partial charge in [0.15, 0.2) is 0 Å². The van der Waals surface area contributed by atoms with E-state index in [9.17, 15) is 0 Å². The lowest BCUT2D eigenvalue weighted by Gasteiger charge is -1.90. The van der Waals surface area contributed by atoms with E-state index in [2.05, 4.69) is 15.9 Å². The first-order chi connectivity index (χ1) is 5.47. The standard InChI is InChI=1S/C9H6NO/c1-2-4-8(5-3-1)9-6-10-11-7-9/h1-5,7H. The van der Waals surface area contributed by atoms with E-state index in [0.29, 0.717) is 0 Å². The van der Waals surface area contributed by atoms with Crippen molar-refractivity contribution in [2.45, 2.75) is 0 Å². The monoisotopic (exact) mass is 144 g/mol. The molecule has 0 amide bonds. The second kappa shape index (κ2) is 2.58. The Hall–Kier alpha value is -1.57. The number of nitrogens with zero attached hydrogens (tertiary/aromatic N) is 1. The van der Waals surface area contributed by atoms with Crippen LogP contribution < -0.4 is 0 Å². The topological polar surface area (TPSA) is 26.0 Å². The van der Waals surface area contributed by atoms with Gasteiger partial charge in [-0.05, 0) is 5.56 Å². The lowest BCUT2D eigenvalue weighted by molar-refractivity contribution is 0.418. The molecular formula is C9H6NO. The number of hydrogen-bond donors (Lipinski definition) is 0. The first-order valence-corrected chi connectivity index (χ1v) is 3.34. The Morgan fingerprint density at radius 1 is 1.18 bits per heavy atom. The fourth-order valence-corrected chi connectivity index (χ4v) is 0.931. The summed E-state index contributed by atoms with van der Waals surface area (Å²) < 4.78 is 4.66. The van der Waals surface area contributed by atoms with Crippen LogP contribution in [0.1, 0.15) is 0 Å². The summed E-state index contributed by atoms with van der Waals surface area (Å²) in [6.07, 6.45) is 4.32. The van der Waals surface area contributed by atoms with Gasteiger partial charge in [-0.2, -0.15) is 0 Å². The summed E-state index contributed by atoms with van der Waals surface area (Å²) in [6, 6.07) is 9.88. The van der Waals surface area contributed by atoms with E-state index in [1.165, 1.54) is 0 Å². The fourth-order valence-electron chi connectivity index (χ4n) is 0.931. The molecule has 2 heteroatoms. The van der Waals surface area contributed by atoms with Crippen LogP contribution in [0, 0.1) is 6.20 Å². The van der Waals surface area contributed by atoms with Gasteiger partial charge < -0.3 is 4.52 Å². The molecule has 1 aromatic heterocycles. The predicted octanol–water partition coefficient (Wildman–Crippen LogP) is 2.14. The molecule has 0 aliphatic rings. The number of aromatic nitrogens is 1. The molecule has 1 radical (unpaired) electrons. The van der Waals surface area contributed by atoms with Gasteiger partial charge in [0, 0.05) is 0 Å². The van der Waals surface area contributed by atoms with Crippen molar-refractivity contribution in [3.63, 3.8) is 0 Å². The van der Waals surface area contributed by atoms with E-state index >= 15 is 0 Å². The SMILES string of the molecule is [c]1nocc1-c1ccccc1. The molecule has 0 spiro atoms. The van der Waals surface area contributed by atoms with Gasteiger partial charge >= 0.3 is 0 Å². The molecular weight excluding hydrogens is 138 g/mol. The second-order valence-electron chi connectivity index (χ2n) is 2.21. The van der Waals surface area contributed by atoms with E-state index in [4.69, 9.17) is 0 Å². The predicted molar refractivity (Wildman–Crippen MR) is 40.8 cm³/mol. The molecule has 0 saturated heterocycles. The molecule has 0 fully saturated rings. The van der Waals surface area contributed by atoms with E-state index in [-0.39, 0.29) is 0 Å². The van der Waals surface area contributed by atoms with Crippen molar-refractivity contribution in [2.24, 2.45) is 0 Å². The molecule has 0 N–H and O–H groups in total. The number of hydrogen-bond acceptors (Lipinski definition) is 2. The largest absolute Gasteiger partial charge is 0.363 e. The lowest BCUT2D eigenvalue weighted by atomic mass is 10.1. The van der Waals surface area contributed by atoms with Crippen LogP contribution in [-0.2, 0) is 0 Å². The third-order valence-corrected chi connectivity index (χ3v) is 1.47. The molecule has 0 saturated carbocycles. The molecule has 2 nitrogen and oxygen atoms in total. The van der Waals surface area contributed by atoms with Crippen molar-refractivity contribution in [3.05, 3.63) is 42.8 Å². The molecule has 0 bridgehead atoms. The van der Waals surface area contributed by atoms with Gasteiger partial charge in [-0.25, -0.2) is 0 Å². The van der Waals surface area contributed by atoms with Crippen LogP contribution in [0.25, 0.3) is 11.1 Å². The zero-order valence-corrected chi connectivity index (χ0v) is 5.82. The Bertz CT molecular complexity index is 313. The highest BCUT2D eigenvalue weighted by Gasteiger charge is 1.97. The Labute approximate surface area is 64.5 Å².